The van der Waals surface area contributed by atoms with Crippen LogP contribution in [-0.2, 0) is 30.8 Å². The lowest BCUT2D eigenvalue weighted by atomic mass is 10.0. The van der Waals surface area contributed by atoms with Gasteiger partial charge in [-0.15, -0.1) is 0 Å². The minimum atomic E-state index is -3.52. The Labute approximate surface area is 194 Å². The molecule has 33 heavy (non-hydrogen) atoms. The van der Waals surface area contributed by atoms with E-state index < -0.39 is 10.0 Å². The number of nitrogens with one attached hydrogen (secondary N) is 1. The molecule has 1 heterocycles. The van der Waals surface area contributed by atoms with Crippen LogP contribution in [0.5, 0.6) is 5.75 Å². The van der Waals surface area contributed by atoms with Gasteiger partial charge in [-0.3, -0.25) is 9.59 Å². The molecule has 0 unspecified atom stereocenters. The van der Waals surface area contributed by atoms with E-state index in [0.29, 0.717) is 37.1 Å². The molecule has 1 fully saturated rings. The molecule has 0 aromatic heterocycles. The third kappa shape index (κ3) is 7.03. The molecule has 3 rings (SSSR count). The van der Waals surface area contributed by atoms with E-state index in [0.717, 1.165) is 18.4 Å². The van der Waals surface area contributed by atoms with E-state index >= 15 is 0 Å². The number of sulfonamides is 1. The second-order valence-electron chi connectivity index (χ2n) is 8.07. The Bertz CT molecular complexity index is 1040. The van der Waals surface area contributed by atoms with E-state index in [1.165, 1.54) is 16.4 Å². The zero-order valence-corrected chi connectivity index (χ0v) is 19.8. The Morgan fingerprint density at radius 2 is 1.67 bits per heavy atom. The van der Waals surface area contributed by atoms with Crippen LogP contribution in [0.4, 0.5) is 5.69 Å². The van der Waals surface area contributed by atoms with Crippen LogP contribution in [0.25, 0.3) is 0 Å². The van der Waals surface area contributed by atoms with Gasteiger partial charge in [0.25, 0.3) is 5.91 Å². The summed E-state index contributed by atoms with van der Waals surface area (Å²) in [6.07, 6.45) is 1.90. The zero-order chi connectivity index (χ0) is 23.8. The number of carbonyl (C=O) groups is 2. The SMILES string of the molecule is CCOC(=O)Cc1ccc(NC(=O)COc2ccc(S(=O)(=O)N3CCC(C)CC3)cc2)cc1. The number of amides is 1. The van der Waals surface area contributed by atoms with Gasteiger partial charge < -0.3 is 14.8 Å². The Balaban J connectivity index is 1.49. The summed E-state index contributed by atoms with van der Waals surface area (Å²) in [6, 6.07) is 13.0. The maximum absolute atomic E-state index is 12.8. The molecule has 0 atom stereocenters. The highest BCUT2D eigenvalue weighted by Crippen LogP contribution is 2.24. The van der Waals surface area contributed by atoms with Crippen LogP contribution < -0.4 is 10.1 Å². The van der Waals surface area contributed by atoms with E-state index in [1.54, 1.807) is 43.3 Å². The lowest BCUT2D eigenvalue weighted by Crippen LogP contribution is -2.37. The number of hydrogen-bond acceptors (Lipinski definition) is 6. The fourth-order valence-electron chi connectivity index (χ4n) is 3.51. The van der Waals surface area contributed by atoms with Crippen molar-refractivity contribution < 1.29 is 27.5 Å². The molecule has 0 saturated carbocycles. The highest BCUT2D eigenvalue weighted by atomic mass is 32.2. The minimum absolute atomic E-state index is 0.174. The first-order chi connectivity index (χ1) is 15.8. The first-order valence-corrected chi connectivity index (χ1v) is 12.5. The number of carbonyl (C=O) groups excluding carboxylic acids is 2. The van der Waals surface area contributed by atoms with Crippen molar-refractivity contribution in [2.24, 2.45) is 5.92 Å². The second-order valence-corrected chi connectivity index (χ2v) is 10.0. The van der Waals surface area contributed by atoms with Crippen molar-refractivity contribution in [3.63, 3.8) is 0 Å². The van der Waals surface area contributed by atoms with E-state index in [1.807, 2.05) is 0 Å². The quantitative estimate of drug-likeness (QED) is 0.560. The van der Waals surface area contributed by atoms with Crippen LogP contribution in [-0.4, -0.2) is 50.9 Å². The Kier molecular flexibility index (Phi) is 8.46. The van der Waals surface area contributed by atoms with Gasteiger partial charge in [-0.05, 0) is 67.6 Å². The zero-order valence-electron chi connectivity index (χ0n) is 19.0. The topological polar surface area (TPSA) is 102 Å². The van der Waals surface area contributed by atoms with Crippen molar-refractivity contribution in [2.45, 2.75) is 38.0 Å². The summed E-state index contributed by atoms with van der Waals surface area (Å²) in [5, 5.41) is 2.72. The number of ether oxygens (including phenoxy) is 2. The van der Waals surface area contributed by atoms with Gasteiger partial charge in [0, 0.05) is 18.8 Å². The first-order valence-electron chi connectivity index (χ1n) is 11.1. The van der Waals surface area contributed by atoms with Crippen molar-refractivity contribution in [2.75, 3.05) is 31.6 Å². The summed E-state index contributed by atoms with van der Waals surface area (Å²) in [5.74, 6) is 0.293. The number of anilines is 1. The van der Waals surface area contributed by atoms with Gasteiger partial charge in [0.2, 0.25) is 10.0 Å². The molecule has 1 amide bonds. The number of hydrogen-bond donors (Lipinski definition) is 1. The van der Waals surface area contributed by atoms with E-state index in [9.17, 15) is 18.0 Å². The van der Waals surface area contributed by atoms with Crippen LogP contribution in [0.15, 0.2) is 53.4 Å². The van der Waals surface area contributed by atoms with E-state index in [2.05, 4.69) is 12.2 Å². The molecule has 0 aliphatic carbocycles. The summed E-state index contributed by atoms with van der Waals surface area (Å²) < 4.78 is 37.5. The molecule has 0 radical (unpaired) electrons. The predicted molar refractivity (Wildman–Crippen MR) is 125 cm³/mol. The average Bonchev–Trinajstić information content (AvgIpc) is 2.80. The highest BCUT2D eigenvalue weighted by molar-refractivity contribution is 7.89. The Morgan fingerprint density at radius 1 is 1.03 bits per heavy atom. The van der Waals surface area contributed by atoms with Crippen LogP contribution >= 0.6 is 0 Å². The molecule has 1 saturated heterocycles. The summed E-state index contributed by atoms with van der Waals surface area (Å²) in [7, 11) is -3.52. The molecule has 2 aromatic rings. The number of esters is 1. The Morgan fingerprint density at radius 3 is 2.27 bits per heavy atom. The Hall–Kier alpha value is -2.91. The minimum Gasteiger partial charge on any atom is -0.484 e. The van der Waals surface area contributed by atoms with Gasteiger partial charge in [0.1, 0.15) is 5.75 Å². The lowest BCUT2D eigenvalue weighted by molar-refractivity contribution is -0.142. The molecule has 1 aliphatic heterocycles. The third-order valence-corrected chi connectivity index (χ3v) is 7.38. The van der Waals surface area contributed by atoms with E-state index in [4.69, 9.17) is 9.47 Å². The average molecular weight is 475 g/mol. The van der Waals surface area contributed by atoms with Gasteiger partial charge in [-0.2, -0.15) is 4.31 Å². The first kappa shape index (κ1) is 24.7. The van der Waals surface area contributed by atoms with Gasteiger partial charge in [-0.25, -0.2) is 8.42 Å². The highest BCUT2D eigenvalue weighted by Gasteiger charge is 2.27. The van der Waals surface area contributed by atoms with Gasteiger partial charge in [0.05, 0.1) is 17.9 Å². The fourth-order valence-corrected chi connectivity index (χ4v) is 4.98. The van der Waals surface area contributed by atoms with Crippen LogP contribution in [0, 0.1) is 5.92 Å². The van der Waals surface area contributed by atoms with Crippen LogP contribution in [0.3, 0.4) is 0 Å². The van der Waals surface area contributed by atoms with Crippen LogP contribution in [0.2, 0.25) is 0 Å². The van der Waals surface area contributed by atoms with Crippen molar-refractivity contribution in [1.29, 1.82) is 0 Å². The van der Waals surface area contributed by atoms with E-state index in [-0.39, 0.29) is 29.8 Å². The third-order valence-electron chi connectivity index (χ3n) is 5.47. The largest absolute Gasteiger partial charge is 0.484 e. The van der Waals surface area contributed by atoms with Gasteiger partial charge in [-0.1, -0.05) is 19.1 Å². The van der Waals surface area contributed by atoms with Crippen molar-refractivity contribution in [3.05, 3.63) is 54.1 Å². The molecule has 178 valence electrons. The predicted octanol–water partition coefficient (Wildman–Crippen LogP) is 3.23. The van der Waals surface area contributed by atoms with Gasteiger partial charge >= 0.3 is 5.97 Å². The van der Waals surface area contributed by atoms with Crippen molar-refractivity contribution in [1.82, 2.24) is 4.31 Å². The fraction of sp³-hybridized carbons (Fsp3) is 0.417. The summed E-state index contributed by atoms with van der Waals surface area (Å²) in [6.45, 7) is 5.07. The standard InChI is InChI=1S/C24H30N2O6S/c1-3-31-24(28)16-19-4-6-20(7-5-19)25-23(27)17-32-21-8-10-22(11-9-21)33(29,30)26-14-12-18(2)13-15-26/h4-11,18H,3,12-17H2,1-2H3,(H,25,27). The number of nitrogens with zero attached hydrogens (tertiary/aromatic N) is 1. The van der Waals surface area contributed by atoms with Gasteiger partial charge in [0.15, 0.2) is 6.61 Å². The molecular weight excluding hydrogens is 444 g/mol. The number of benzene rings is 2. The maximum Gasteiger partial charge on any atom is 0.310 e. The maximum atomic E-state index is 12.8. The lowest BCUT2D eigenvalue weighted by Gasteiger charge is -2.29. The monoisotopic (exact) mass is 474 g/mol. The molecule has 8 nitrogen and oxygen atoms in total. The molecule has 0 spiro atoms. The molecule has 9 heteroatoms. The molecule has 1 aliphatic rings. The number of rotatable bonds is 9. The van der Waals surface area contributed by atoms with Crippen molar-refractivity contribution >= 4 is 27.6 Å². The summed E-state index contributed by atoms with van der Waals surface area (Å²) in [5.41, 5.74) is 1.37. The summed E-state index contributed by atoms with van der Waals surface area (Å²) in [4.78, 5) is 23.9. The smallest absolute Gasteiger partial charge is 0.310 e. The molecule has 0 bridgehead atoms. The summed E-state index contributed by atoms with van der Waals surface area (Å²) >= 11 is 0. The molecule has 1 N–H and O–H groups in total. The van der Waals surface area contributed by atoms with Crippen LogP contribution in [0.1, 0.15) is 32.3 Å². The molecule has 2 aromatic carbocycles. The number of piperidine rings is 1. The molecular formula is C24H30N2O6S. The normalized spacial score (nSPS) is 15.1. The second kappa shape index (κ2) is 11.3. The van der Waals surface area contributed by atoms with Crippen molar-refractivity contribution in [3.8, 4) is 5.75 Å².